The number of nitrogens with zero attached hydrogens (tertiary/aromatic N) is 5. The average molecular weight is 487 g/mol. The van der Waals surface area contributed by atoms with Crippen LogP contribution in [-0.2, 0) is 0 Å². The van der Waals surface area contributed by atoms with E-state index in [0.717, 1.165) is 25.7 Å². The minimum Gasteiger partial charge on any atom is -0.494 e. The van der Waals surface area contributed by atoms with E-state index >= 15 is 0 Å². The number of ether oxygens (including phenoxy) is 1. The van der Waals surface area contributed by atoms with E-state index in [9.17, 15) is 8.78 Å². The molecule has 2 unspecified atom stereocenters. The number of fused-ring (bicyclic) bond motifs is 3. The second-order valence-corrected chi connectivity index (χ2v) is 9.41. The lowest BCUT2D eigenvalue weighted by atomic mass is 9.97. The minimum absolute atomic E-state index is 0.0685. The standard InChI is InChI=1S/C27H24F2N6O/c1-31-22-7-3-16(12-20(22)28)25-24(15-4-8-23(36-2)21(29)11-15)26-32-9-10-34(26)27(33-25)35-18-5-6-19(35)14-17(30)13-18/h3-4,7-12,17-19H,5-6,13-14,30H2,2H3. The number of nitrogens with two attached hydrogens (primary N) is 1. The first-order chi connectivity index (χ1) is 17.5. The zero-order chi connectivity index (χ0) is 25.0. The van der Waals surface area contributed by atoms with Gasteiger partial charge in [-0.1, -0.05) is 18.2 Å². The summed E-state index contributed by atoms with van der Waals surface area (Å²) in [4.78, 5) is 15.3. The molecule has 6 rings (SSSR count). The minimum atomic E-state index is -0.634. The van der Waals surface area contributed by atoms with Crippen LogP contribution in [0.25, 0.3) is 32.9 Å². The summed E-state index contributed by atoms with van der Waals surface area (Å²) < 4.78 is 36.6. The molecule has 0 radical (unpaired) electrons. The van der Waals surface area contributed by atoms with Crippen molar-refractivity contribution in [1.29, 1.82) is 0 Å². The monoisotopic (exact) mass is 486 g/mol. The molecule has 2 aliphatic heterocycles. The summed E-state index contributed by atoms with van der Waals surface area (Å²) in [6, 6.07) is 9.77. The third-order valence-electron chi connectivity index (χ3n) is 7.31. The van der Waals surface area contributed by atoms with Gasteiger partial charge in [0.15, 0.2) is 11.6 Å². The van der Waals surface area contributed by atoms with Crippen LogP contribution in [0.5, 0.6) is 5.75 Å². The maximum atomic E-state index is 14.8. The Kier molecular flexibility index (Phi) is 5.34. The average Bonchev–Trinajstić information content (AvgIpc) is 3.46. The Morgan fingerprint density at radius 3 is 2.44 bits per heavy atom. The summed E-state index contributed by atoms with van der Waals surface area (Å²) in [6.07, 6.45) is 7.36. The first kappa shape index (κ1) is 22.4. The SMILES string of the molecule is [C-]#[N+]c1ccc(-c2nc(N3C4CCC3CC(N)C4)n3ccnc3c2-c2ccc(OC)c(F)c2)cc1F. The summed E-state index contributed by atoms with van der Waals surface area (Å²) in [5.41, 5.74) is 8.90. The highest BCUT2D eigenvalue weighted by Gasteiger charge is 2.41. The van der Waals surface area contributed by atoms with Crippen molar-refractivity contribution in [3.63, 3.8) is 0 Å². The van der Waals surface area contributed by atoms with Crippen LogP contribution >= 0.6 is 0 Å². The number of hydrogen-bond donors (Lipinski definition) is 1. The van der Waals surface area contributed by atoms with Crippen LogP contribution in [0.2, 0.25) is 0 Å². The molecule has 2 aromatic carbocycles. The Balaban J connectivity index is 1.63. The summed E-state index contributed by atoms with van der Waals surface area (Å²) in [5, 5.41) is 0. The van der Waals surface area contributed by atoms with Crippen LogP contribution in [-0.4, -0.2) is 39.6 Å². The number of rotatable bonds is 4. The van der Waals surface area contributed by atoms with E-state index in [-0.39, 0.29) is 29.6 Å². The first-order valence-electron chi connectivity index (χ1n) is 11.9. The van der Waals surface area contributed by atoms with Crippen LogP contribution in [0.1, 0.15) is 25.7 Å². The Hall–Kier alpha value is -4.03. The van der Waals surface area contributed by atoms with Crippen LogP contribution in [0.15, 0.2) is 48.8 Å². The second kappa shape index (κ2) is 8.57. The van der Waals surface area contributed by atoms with Gasteiger partial charge >= 0.3 is 0 Å². The summed E-state index contributed by atoms with van der Waals surface area (Å²) in [6.45, 7) is 7.21. The second-order valence-electron chi connectivity index (χ2n) is 9.41. The number of methoxy groups -OCH3 is 1. The molecule has 2 aliphatic rings. The van der Waals surface area contributed by atoms with Gasteiger partial charge in [0.25, 0.3) is 0 Å². The van der Waals surface area contributed by atoms with Gasteiger partial charge in [-0.3, -0.25) is 4.40 Å². The fraction of sp³-hybridized carbons (Fsp3) is 0.296. The third kappa shape index (κ3) is 3.48. The van der Waals surface area contributed by atoms with E-state index in [4.69, 9.17) is 22.0 Å². The smallest absolute Gasteiger partial charge is 0.222 e. The van der Waals surface area contributed by atoms with E-state index in [1.165, 1.54) is 25.3 Å². The van der Waals surface area contributed by atoms with Crippen LogP contribution in [0.4, 0.5) is 20.4 Å². The predicted molar refractivity (Wildman–Crippen MR) is 133 cm³/mol. The lowest BCUT2D eigenvalue weighted by molar-refractivity contribution is 0.386. The fourth-order valence-electron chi connectivity index (χ4n) is 5.73. The van der Waals surface area contributed by atoms with E-state index in [2.05, 4.69) is 14.7 Å². The zero-order valence-electron chi connectivity index (χ0n) is 19.7. The molecule has 9 heteroatoms. The van der Waals surface area contributed by atoms with Crippen molar-refractivity contribution in [2.24, 2.45) is 5.73 Å². The molecule has 0 aliphatic carbocycles. The maximum Gasteiger partial charge on any atom is 0.222 e. The number of imidazole rings is 1. The molecule has 0 amide bonds. The van der Waals surface area contributed by atoms with Crippen molar-refractivity contribution in [2.75, 3.05) is 12.0 Å². The highest BCUT2D eigenvalue weighted by Crippen LogP contribution is 2.42. The Labute approximate surface area is 207 Å². The molecule has 36 heavy (non-hydrogen) atoms. The van der Waals surface area contributed by atoms with Crippen molar-refractivity contribution >= 4 is 17.3 Å². The molecule has 2 aromatic heterocycles. The van der Waals surface area contributed by atoms with Crippen molar-refractivity contribution in [2.45, 2.75) is 43.8 Å². The quantitative estimate of drug-likeness (QED) is 0.393. The first-order valence-corrected chi connectivity index (χ1v) is 11.9. The lowest BCUT2D eigenvalue weighted by Crippen LogP contribution is -2.48. The summed E-state index contributed by atoms with van der Waals surface area (Å²) in [5.74, 6) is -0.320. The number of hydrogen-bond acceptors (Lipinski definition) is 5. The highest BCUT2D eigenvalue weighted by molar-refractivity contribution is 5.91. The number of anilines is 1. The Morgan fingerprint density at radius 1 is 1.06 bits per heavy atom. The lowest BCUT2D eigenvalue weighted by Gasteiger charge is -2.39. The molecule has 2 bridgehead atoms. The van der Waals surface area contributed by atoms with Crippen LogP contribution < -0.4 is 15.4 Å². The number of piperidine rings is 1. The van der Waals surface area contributed by atoms with Gasteiger partial charge in [-0.25, -0.2) is 23.6 Å². The number of halogens is 2. The molecular weight excluding hydrogens is 462 g/mol. The number of benzene rings is 2. The van der Waals surface area contributed by atoms with Crippen molar-refractivity contribution in [3.05, 3.63) is 71.8 Å². The fourth-order valence-corrected chi connectivity index (χ4v) is 5.73. The predicted octanol–water partition coefficient (Wildman–Crippen LogP) is 5.36. The number of aromatic nitrogens is 3. The van der Waals surface area contributed by atoms with Gasteiger partial charge in [-0.15, -0.1) is 0 Å². The van der Waals surface area contributed by atoms with Crippen LogP contribution in [0, 0.1) is 18.2 Å². The molecule has 2 saturated heterocycles. The molecule has 2 fully saturated rings. The van der Waals surface area contributed by atoms with Gasteiger partial charge in [0.2, 0.25) is 11.6 Å². The van der Waals surface area contributed by atoms with Crippen LogP contribution in [0.3, 0.4) is 0 Å². The van der Waals surface area contributed by atoms with Crippen molar-refractivity contribution < 1.29 is 13.5 Å². The van der Waals surface area contributed by atoms with E-state index in [0.29, 0.717) is 34.0 Å². The molecule has 2 N–H and O–H groups in total. The van der Waals surface area contributed by atoms with Gasteiger partial charge in [-0.05, 0) is 49.4 Å². The van der Waals surface area contributed by atoms with Gasteiger partial charge in [0.05, 0.1) is 24.9 Å². The molecule has 4 aromatic rings. The van der Waals surface area contributed by atoms with Crippen molar-refractivity contribution in [1.82, 2.24) is 14.4 Å². The third-order valence-corrected chi connectivity index (χ3v) is 7.31. The zero-order valence-corrected chi connectivity index (χ0v) is 19.7. The van der Waals surface area contributed by atoms with E-state index in [1.807, 2.05) is 10.6 Å². The molecule has 182 valence electrons. The summed E-state index contributed by atoms with van der Waals surface area (Å²) in [7, 11) is 1.41. The summed E-state index contributed by atoms with van der Waals surface area (Å²) >= 11 is 0. The molecule has 4 heterocycles. The normalized spacial score (nSPS) is 21.1. The maximum absolute atomic E-state index is 14.8. The topological polar surface area (TPSA) is 73.0 Å². The molecule has 7 nitrogen and oxygen atoms in total. The van der Waals surface area contributed by atoms with Crippen molar-refractivity contribution in [3.8, 4) is 28.1 Å². The van der Waals surface area contributed by atoms with E-state index < -0.39 is 11.6 Å². The van der Waals surface area contributed by atoms with Gasteiger partial charge in [0, 0.05) is 36.1 Å². The Morgan fingerprint density at radius 2 is 1.78 bits per heavy atom. The van der Waals surface area contributed by atoms with Gasteiger partial charge in [-0.2, -0.15) is 0 Å². The molecule has 0 saturated carbocycles. The highest BCUT2D eigenvalue weighted by atomic mass is 19.1. The molecule has 2 atom stereocenters. The molecular formula is C27H24F2N6O. The van der Waals surface area contributed by atoms with Gasteiger partial charge < -0.3 is 15.4 Å². The van der Waals surface area contributed by atoms with Gasteiger partial charge in [0.1, 0.15) is 11.5 Å². The largest absolute Gasteiger partial charge is 0.494 e. The Bertz CT molecular complexity index is 1510. The molecule has 0 spiro atoms. The van der Waals surface area contributed by atoms with E-state index in [1.54, 1.807) is 24.4 Å².